The maximum atomic E-state index is 13.0. The smallest absolute Gasteiger partial charge is 0.266 e. The van der Waals surface area contributed by atoms with Crippen LogP contribution in [-0.2, 0) is 11.3 Å². The monoisotopic (exact) mass is 471 g/mol. The Bertz CT molecular complexity index is 1420. The molecule has 4 nitrogen and oxygen atoms in total. The van der Waals surface area contributed by atoms with Gasteiger partial charge < -0.3 is 4.57 Å². The number of hydrogen-bond donors (Lipinski definition) is 0. The Kier molecular flexibility index (Phi) is 5.83. The van der Waals surface area contributed by atoms with E-state index in [9.17, 15) is 4.79 Å². The summed E-state index contributed by atoms with van der Waals surface area (Å²) in [6.45, 7) is 2.70. The maximum Gasteiger partial charge on any atom is 0.266 e. The van der Waals surface area contributed by atoms with Crippen LogP contribution in [0.5, 0.6) is 0 Å². The Morgan fingerprint density at radius 3 is 2.52 bits per heavy atom. The molecule has 0 bridgehead atoms. The first-order valence-electron chi connectivity index (χ1n) is 10.6. The van der Waals surface area contributed by atoms with Crippen LogP contribution in [0.3, 0.4) is 0 Å². The summed E-state index contributed by atoms with van der Waals surface area (Å²) in [6, 6.07) is 24.1. The van der Waals surface area contributed by atoms with E-state index in [4.69, 9.17) is 11.6 Å². The van der Waals surface area contributed by atoms with Crippen LogP contribution >= 0.6 is 23.4 Å². The van der Waals surface area contributed by atoms with E-state index in [2.05, 4.69) is 27.9 Å². The summed E-state index contributed by atoms with van der Waals surface area (Å²) in [5.41, 5.74) is 5.16. The molecule has 0 unspecified atom stereocenters. The zero-order chi connectivity index (χ0) is 22.9. The number of aryl methyl sites for hydroxylation is 1. The molecule has 1 aliphatic rings. The highest BCUT2D eigenvalue weighted by atomic mass is 35.5. The molecule has 33 heavy (non-hydrogen) atoms. The molecule has 164 valence electrons. The van der Waals surface area contributed by atoms with Gasteiger partial charge in [-0.25, -0.2) is 4.99 Å². The van der Waals surface area contributed by atoms with Gasteiger partial charge in [0, 0.05) is 41.3 Å². The Hall–Kier alpha value is -3.28. The fourth-order valence-electron chi connectivity index (χ4n) is 3.85. The number of likely N-dealkylation sites (N-methyl/N-ethyl adjacent to an activating group) is 1. The average Bonchev–Trinajstić information content (AvgIpc) is 3.29. The van der Waals surface area contributed by atoms with Crippen molar-refractivity contribution in [3.05, 3.63) is 106 Å². The van der Waals surface area contributed by atoms with Gasteiger partial charge >= 0.3 is 0 Å². The van der Waals surface area contributed by atoms with E-state index in [1.807, 2.05) is 73.7 Å². The van der Waals surface area contributed by atoms with Crippen molar-refractivity contribution in [1.82, 2.24) is 9.47 Å². The van der Waals surface area contributed by atoms with Gasteiger partial charge in [-0.1, -0.05) is 65.7 Å². The van der Waals surface area contributed by atoms with Gasteiger partial charge in [-0.15, -0.1) is 0 Å². The SMILES string of the molecule is Cc1ccc(N=C2S/C(=C\c3cn(Cc4ccccc4Cl)c4ccccc34)C(=O)N2C)cc1. The molecule has 1 fully saturated rings. The number of rotatable bonds is 4. The molecule has 1 saturated heterocycles. The van der Waals surface area contributed by atoms with Gasteiger partial charge in [0.1, 0.15) is 0 Å². The lowest BCUT2D eigenvalue weighted by Gasteiger charge is -2.07. The number of aromatic nitrogens is 1. The standard InChI is InChI=1S/C27H22ClN3OS/c1-18-11-13-21(14-12-18)29-27-30(2)26(32)25(33-27)15-20-17-31(24-10-6-4-8-22(20)24)16-19-7-3-5-9-23(19)28/h3-15,17H,16H2,1-2H3/b25-15-,29-27?. The van der Waals surface area contributed by atoms with Crippen molar-refractivity contribution in [2.45, 2.75) is 13.5 Å². The number of carbonyl (C=O) groups is 1. The van der Waals surface area contributed by atoms with E-state index < -0.39 is 0 Å². The van der Waals surface area contributed by atoms with Crippen molar-refractivity contribution in [1.29, 1.82) is 0 Å². The predicted octanol–water partition coefficient (Wildman–Crippen LogP) is 6.89. The lowest BCUT2D eigenvalue weighted by Crippen LogP contribution is -2.23. The molecule has 0 N–H and O–H groups in total. The van der Waals surface area contributed by atoms with E-state index in [1.165, 1.54) is 17.3 Å². The molecule has 0 saturated carbocycles. The van der Waals surface area contributed by atoms with Crippen molar-refractivity contribution < 1.29 is 4.79 Å². The zero-order valence-corrected chi connectivity index (χ0v) is 19.9. The van der Waals surface area contributed by atoms with E-state index in [-0.39, 0.29) is 5.91 Å². The molecule has 0 atom stereocenters. The lowest BCUT2D eigenvalue weighted by atomic mass is 10.1. The third-order valence-electron chi connectivity index (χ3n) is 5.67. The molecule has 1 amide bonds. The first-order chi connectivity index (χ1) is 16.0. The number of para-hydroxylation sites is 1. The number of benzene rings is 3. The minimum absolute atomic E-state index is 0.0474. The summed E-state index contributed by atoms with van der Waals surface area (Å²) >= 11 is 7.81. The van der Waals surface area contributed by atoms with Crippen LogP contribution in [0, 0.1) is 6.92 Å². The minimum atomic E-state index is -0.0474. The summed E-state index contributed by atoms with van der Waals surface area (Å²) in [5.74, 6) is -0.0474. The largest absolute Gasteiger partial charge is 0.342 e. The average molecular weight is 472 g/mol. The van der Waals surface area contributed by atoms with E-state index >= 15 is 0 Å². The molecule has 5 rings (SSSR count). The molecule has 3 aromatic carbocycles. The second kappa shape index (κ2) is 8.93. The van der Waals surface area contributed by atoms with E-state index in [1.54, 1.807) is 11.9 Å². The first-order valence-corrected chi connectivity index (χ1v) is 11.8. The predicted molar refractivity (Wildman–Crippen MR) is 139 cm³/mol. The number of amides is 1. The molecule has 0 aliphatic carbocycles. The van der Waals surface area contributed by atoms with Gasteiger partial charge in [0.25, 0.3) is 5.91 Å². The van der Waals surface area contributed by atoms with Gasteiger partial charge in [-0.05, 0) is 54.6 Å². The number of nitrogens with zero attached hydrogens (tertiary/aromatic N) is 3. The molecule has 6 heteroatoms. The highest BCUT2D eigenvalue weighted by molar-refractivity contribution is 8.18. The van der Waals surface area contributed by atoms with E-state index in [0.717, 1.165) is 32.7 Å². The topological polar surface area (TPSA) is 37.6 Å². The second-order valence-corrected chi connectivity index (χ2v) is 9.44. The van der Waals surface area contributed by atoms with Crippen LogP contribution in [-0.4, -0.2) is 27.6 Å². The molecule has 0 spiro atoms. The van der Waals surface area contributed by atoms with Crippen LogP contribution < -0.4 is 0 Å². The normalized spacial score (nSPS) is 16.5. The van der Waals surface area contributed by atoms with Gasteiger partial charge in [-0.3, -0.25) is 9.69 Å². The Labute approximate surface area is 202 Å². The maximum absolute atomic E-state index is 13.0. The Morgan fingerprint density at radius 1 is 1.00 bits per heavy atom. The molecule has 2 heterocycles. The molecular formula is C27H22ClN3OS. The van der Waals surface area contributed by atoms with Crippen LogP contribution in [0.25, 0.3) is 17.0 Å². The van der Waals surface area contributed by atoms with Gasteiger partial charge in [0.2, 0.25) is 0 Å². The Balaban J connectivity index is 1.50. The van der Waals surface area contributed by atoms with E-state index in [0.29, 0.717) is 16.6 Å². The quantitative estimate of drug-likeness (QED) is 0.304. The first kappa shape index (κ1) is 21.6. The van der Waals surface area contributed by atoms with Gasteiger partial charge in [-0.2, -0.15) is 0 Å². The number of thioether (sulfide) groups is 1. The number of aliphatic imine (C=N–C) groups is 1. The molecule has 1 aromatic heterocycles. The highest BCUT2D eigenvalue weighted by Gasteiger charge is 2.30. The third-order valence-corrected chi connectivity index (χ3v) is 7.10. The van der Waals surface area contributed by atoms with Gasteiger partial charge in [0.15, 0.2) is 5.17 Å². The zero-order valence-electron chi connectivity index (χ0n) is 18.3. The molecule has 1 aliphatic heterocycles. The fraction of sp³-hybridized carbons (Fsp3) is 0.111. The van der Waals surface area contributed by atoms with Crippen molar-refractivity contribution in [3.8, 4) is 0 Å². The summed E-state index contributed by atoms with van der Waals surface area (Å²) in [4.78, 5) is 19.9. The fourth-order valence-corrected chi connectivity index (χ4v) is 5.03. The van der Waals surface area contributed by atoms with Crippen LogP contribution in [0.4, 0.5) is 5.69 Å². The number of fused-ring (bicyclic) bond motifs is 1. The van der Waals surface area contributed by atoms with Crippen LogP contribution in [0.1, 0.15) is 16.7 Å². The molecule has 0 radical (unpaired) electrons. The second-order valence-electron chi connectivity index (χ2n) is 8.03. The van der Waals surface area contributed by atoms with Crippen molar-refractivity contribution in [3.63, 3.8) is 0 Å². The summed E-state index contributed by atoms with van der Waals surface area (Å²) < 4.78 is 2.18. The number of amidine groups is 1. The van der Waals surface area contributed by atoms with Crippen LogP contribution in [0.2, 0.25) is 5.02 Å². The van der Waals surface area contributed by atoms with Crippen LogP contribution in [0.15, 0.2) is 88.9 Å². The van der Waals surface area contributed by atoms with Crippen molar-refractivity contribution >= 4 is 57.1 Å². The summed E-state index contributed by atoms with van der Waals surface area (Å²) in [7, 11) is 1.77. The lowest BCUT2D eigenvalue weighted by molar-refractivity contribution is -0.121. The van der Waals surface area contributed by atoms with Crippen molar-refractivity contribution in [2.75, 3.05) is 7.05 Å². The van der Waals surface area contributed by atoms with Gasteiger partial charge in [0.05, 0.1) is 10.6 Å². The minimum Gasteiger partial charge on any atom is -0.342 e. The number of carbonyl (C=O) groups excluding carboxylic acids is 1. The number of hydrogen-bond acceptors (Lipinski definition) is 3. The molecule has 4 aromatic rings. The van der Waals surface area contributed by atoms with Crippen molar-refractivity contribution in [2.24, 2.45) is 4.99 Å². The third kappa shape index (κ3) is 4.34. The summed E-state index contributed by atoms with van der Waals surface area (Å²) in [6.07, 6.45) is 4.05. The summed E-state index contributed by atoms with van der Waals surface area (Å²) in [5, 5.41) is 2.52. The Morgan fingerprint density at radius 2 is 1.73 bits per heavy atom. The highest BCUT2D eigenvalue weighted by Crippen LogP contribution is 2.35. The number of halogens is 1. The molecular weight excluding hydrogens is 450 g/mol.